The molecule has 0 radical (unpaired) electrons. The standard InChI is InChI=1S/C25H20Cl2N2O5/c1-2-33-19-11-7-6-10-18(19)28-24(31)20-21(16-12-14(26)13-17(27)22(16)30)29(34-23(20)25(28)32)15-8-4-3-5-9-15/h3-13,20-21,23,30H,2H2,1H3/t20-,21+,23+/m1/s1. The summed E-state index contributed by atoms with van der Waals surface area (Å²) in [5.74, 6) is -1.76. The molecule has 0 aliphatic carbocycles. The molecule has 2 heterocycles. The number of imide groups is 1. The lowest BCUT2D eigenvalue weighted by atomic mass is 9.90. The number of carbonyl (C=O) groups is 2. The number of rotatable bonds is 5. The van der Waals surface area contributed by atoms with E-state index in [1.165, 1.54) is 17.2 Å². The number of hydroxylamine groups is 1. The molecule has 174 valence electrons. The molecule has 3 atom stereocenters. The van der Waals surface area contributed by atoms with Gasteiger partial charge in [0.25, 0.3) is 5.91 Å². The van der Waals surface area contributed by atoms with E-state index in [-0.39, 0.29) is 21.4 Å². The van der Waals surface area contributed by atoms with E-state index in [9.17, 15) is 14.7 Å². The van der Waals surface area contributed by atoms with Gasteiger partial charge in [0.15, 0.2) is 6.10 Å². The SMILES string of the molecule is CCOc1ccccc1N1C(=O)[C@H]2[C@H](ON(c3ccccc3)[C@H]2c2cc(Cl)cc(Cl)c2O)C1=O. The number of halogens is 2. The fourth-order valence-electron chi connectivity index (χ4n) is 4.50. The average Bonchev–Trinajstić information content (AvgIpc) is 3.33. The molecule has 0 saturated carbocycles. The topological polar surface area (TPSA) is 79.3 Å². The van der Waals surface area contributed by atoms with E-state index < -0.39 is 29.9 Å². The van der Waals surface area contributed by atoms with E-state index in [1.54, 1.807) is 36.4 Å². The first-order valence-corrected chi connectivity index (χ1v) is 11.5. The first kappa shape index (κ1) is 22.5. The number of anilines is 2. The zero-order chi connectivity index (χ0) is 24.0. The number of hydrogen-bond donors (Lipinski definition) is 1. The fourth-order valence-corrected chi connectivity index (χ4v) is 5.01. The Balaban J connectivity index is 1.64. The third kappa shape index (κ3) is 3.57. The number of phenols is 1. The number of nitrogens with zero attached hydrogens (tertiary/aromatic N) is 2. The molecule has 5 rings (SSSR count). The van der Waals surface area contributed by atoms with Crippen LogP contribution in [0.3, 0.4) is 0 Å². The first-order valence-electron chi connectivity index (χ1n) is 10.7. The summed E-state index contributed by atoms with van der Waals surface area (Å²) in [4.78, 5) is 34.5. The lowest BCUT2D eigenvalue weighted by Gasteiger charge is -2.29. The van der Waals surface area contributed by atoms with Crippen LogP contribution in [0.25, 0.3) is 0 Å². The van der Waals surface area contributed by atoms with Gasteiger partial charge in [-0.1, -0.05) is 53.5 Å². The highest BCUT2D eigenvalue weighted by Crippen LogP contribution is 2.51. The predicted octanol–water partition coefficient (Wildman–Crippen LogP) is 5.15. The van der Waals surface area contributed by atoms with Crippen LogP contribution in [0.15, 0.2) is 66.7 Å². The highest BCUT2D eigenvalue weighted by atomic mass is 35.5. The number of hydrogen-bond acceptors (Lipinski definition) is 6. The number of amides is 2. The molecule has 9 heteroatoms. The maximum atomic E-state index is 13.8. The second-order valence-corrected chi connectivity index (χ2v) is 8.74. The van der Waals surface area contributed by atoms with Crippen LogP contribution in [0.1, 0.15) is 18.5 Å². The lowest BCUT2D eigenvalue weighted by molar-refractivity contribution is -0.126. The van der Waals surface area contributed by atoms with Crippen molar-refractivity contribution in [1.82, 2.24) is 0 Å². The molecule has 2 aliphatic heterocycles. The van der Waals surface area contributed by atoms with Crippen LogP contribution < -0.4 is 14.7 Å². The van der Waals surface area contributed by atoms with Crippen LogP contribution >= 0.6 is 23.2 Å². The zero-order valence-corrected chi connectivity index (χ0v) is 19.5. The molecule has 2 amide bonds. The quantitative estimate of drug-likeness (QED) is 0.490. The van der Waals surface area contributed by atoms with E-state index in [2.05, 4.69) is 0 Å². The van der Waals surface area contributed by atoms with Gasteiger partial charge in [-0.2, -0.15) is 0 Å². The molecule has 1 N–H and O–H groups in total. The second-order valence-electron chi connectivity index (χ2n) is 7.90. The summed E-state index contributed by atoms with van der Waals surface area (Å²) in [6, 6.07) is 18.0. The van der Waals surface area contributed by atoms with Crippen molar-refractivity contribution in [2.24, 2.45) is 5.92 Å². The van der Waals surface area contributed by atoms with Crippen molar-refractivity contribution in [3.05, 3.63) is 82.3 Å². The first-order chi connectivity index (χ1) is 16.4. The van der Waals surface area contributed by atoms with Crippen LogP contribution in [0.2, 0.25) is 10.0 Å². The smallest absolute Gasteiger partial charge is 0.266 e. The monoisotopic (exact) mass is 498 g/mol. The number of benzene rings is 3. The largest absolute Gasteiger partial charge is 0.506 e. The normalized spacial score (nSPS) is 21.8. The molecule has 2 saturated heterocycles. The molecule has 2 fully saturated rings. The Bertz CT molecular complexity index is 1270. The van der Waals surface area contributed by atoms with Crippen LogP contribution in [0, 0.1) is 5.92 Å². The van der Waals surface area contributed by atoms with Gasteiger partial charge in [0.05, 0.1) is 29.0 Å². The molecule has 0 spiro atoms. The number of phenolic OH excluding ortho intramolecular Hbond substituents is 1. The van der Waals surface area contributed by atoms with Crippen molar-refractivity contribution in [3.8, 4) is 11.5 Å². The molecule has 0 bridgehead atoms. The maximum absolute atomic E-state index is 13.8. The average molecular weight is 499 g/mol. The van der Waals surface area contributed by atoms with Crippen molar-refractivity contribution in [2.75, 3.05) is 16.6 Å². The van der Waals surface area contributed by atoms with E-state index in [0.717, 1.165) is 4.90 Å². The van der Waals surface area contributed by atoms with Gasteiger partial charge in [-0.25, -0.2) is 9.96 Å². The Hall–Kier alpha value is -3.26. The minimum Gasteiger partial charge on any atom is -0.506 e. The highest BCUT2D eigenvalue weighted by molar-refractivity contribution is 6.35. The number of fused-ring (bicyclic) bond motifs is 1. The summed E-state index contributed by atoms with van der Waals surface area (Å²) in [5.41, 5.74) is 1.24. The Morgan fingerprint density at radius 2 is 1.71 bits per heavy atom. The van der Waals surface area contributed by atoms with Crippen molar-refractivity contribution in [3.63, 3.8) is 0 Å². The second kappa shape index (κ2) is 8.83. The van der Waals surface area contributed by atoms with E-state index in [1.807, 2.05) is 25.1 Å². The molecule has 0 aromatic heterocycles. The zero-order valence-electron chi connectivity index (χ0n) is 18.0. The summed E-state index contributed by atoms with van der Waals surface area (Å²) >= 11 is 12.5. The van der Waals surface area contributed by atoms with Gasteiger partial charge < -0.3 is 9.84 Å². The van der Waals surface area contributed by atoms with Gasteiger partial charge in [-0.15, -0.1) is 0 Å². The molecule has 3 aromatic rings. The minimum absolute atomic E-state index is 0.0364. The predicted molar refractivity (Wildman–Crippen MR) is 128 cm³/mol. The number of carbonyl (C=O) groups excluding carboxylic acids is 2. The van der Waals surface area contributed by atoms with Gasteiger partial charge in [-0.05, 0) is 43.3 Å². The van der Waals surface area contributed by atoms with Crippen molar-refractivity contribution >= 4 is 46.4 Å². The highest BCUT2D eigenvalue weighted by Gasteiger charge is 2.61. The summed E-state index contributed by atoms with van der Waals surface area (Å²) in [7, 11) is 0. The molecular weight excluding hydrogens is 479 g/mol. The third-order valence-electron chi connectivity index (χ3n) is 5.91. The van der Waals surface area contributed by atoms with Crippen LogP contribution in [0.5, 0.6) is 11.5 Å². The maximum Gasteiger partial charge on any atom is 0.266 e. The van der Waals surface area contributed by atoms with Gasteiger partial charge >= 0.3 is 0 Å². The number of aromatic hydroxyl groups is 1. The Morgan fingerprint density at radius 3 is 2.44 bits per heavy atom. The lowest BCUT2D eigenvalue weighted by Crippen LogP contribution is -2.37. The molecule has 34 heavy (non-hydrogen) atoms. The van der Waals surface area contributed by atoms with Crippen LogP contribution in [0.4, 0.5) is 11.4 Å². The van der Waals surface area contributed by atoms with E-state index in [4.69, 9.17) is 32.8 Å². The molecule has 3 aromatic carbocycles. The van der Waals surface area contributed by atoms with Crippen molar-refractivity contribution < 1.29 is 24.3 Å². The Morgan fingerprint density at radius 1 is 1.00 bits per heavy atom. The summed E-state index contributed by atoms with van der Waals surface area (Å²) < 4.78 is 5.65. The third-order valence-corrected chi connectivity index (χ3v) is 6.41. The molecular formula is C25H20Cl2N2O5. The summed E-state index contributed by atoms with van der Waals surface area (Å²) in [6.07, 6.45) is -1.11. The van der Waals surface area contributed by atoms with Crippen LogP contribution in [-0.2, 0) is 14.4 Å². The van der Waals surface area contributed by atoms with Crippen molar-refractivity contribution in [1.29, 1.82) is 0 Å². The minimum atomic E-state index is -1.11. The Kier molecular flexibility index (Phi) is 5.85. The number of para-hydroxylation sites is 3. The van der Waals surface area contributed by atoms with Gasteiger partial charge in [0.1, 0.15) is 17.4 Å². The fraction of sp³-hybridized carbons (Fsp3) is 0.200. The van der Waals surface area contributed by atoms with E-state index in [0.29, 0.717) is 23.7 Å². The molecule has 2 aliphatic rings. The van der Waals surface area contributed by atoms with E-state index >= 15 is 0 Å². The summed E-state index contributed by atoms with van der Waals surface area (Å²) in [5, 5.41) is 12.6. The molecule has 0 unspecified atom stereocenters. The Labute approximate surface area is 206 Å². The summed E-state index contributed by atoms with van der Waals surface area (Å²) in [6.45, 7) is 2.19. The van der Waals surface area contributed by atoms with Gasteiger partial charge in [-0.3, -0.25) is 14.4 Å². The van der Waals surface area contributed by atoms with Crippen LogP contribution in [-0.4, -0.2) is 29.6 Å². The molecule has 7 nitrogen and oxygen atoms in total. The van der Waals surface area contributed by atoms with Crippen molar-refractivity contribution in [2.45, 2.75) is 19.1 Å². The van der Waals surface area contributed by atoms with Gasteiger partial charge in [0, 0.05) is 10.6 Å². The van der Waals surface area contributed by atoms with Gasteiger partial charge in [0.2, 0.25) is 5.91 Å². The number of ether oxygens (including phenoxy) is 1.